The number of carbonyl (C=O) groups excluding carboxylic acids is 2. The van der Waals surface area contributed by atoms with Gasteiger partial charge in [-0.25, -0.2) is 4.79 Å². The Labute approximate surface area is 115 Å². The normalized spacial score (nSPS) is 22.4. The van der Waals surface area contributed by atoms with Crippen LogP contribution in [0.25, 0.3) is 0 Å². The van der Waals surface area contributed by atoms with Gasteiger partial charge in [0.05, 0.1) is 5.92 Å². The number of rotatable bonds is 3. The van der Waals surface area contributed by atoms with Gasteiger partial charge < -0.3 is 15.7 Å². The molecule has 6 nitrogen and oxygen atoms in total. The SMILES string of the molecule is O=C1CC(C(=O)NC2(C(=O)O)CC2)c2ccccc2N1. The number of carboxylic acids is 1. The van der Waals surface area contributed by atoms with Gasteiger partial charge in [-0.05, 0) is 24.5 Å². The summed E-state index contributed by atoms with van der Waals surface area (Å²) in [6.45, 7) is 0. The summed E-state index contributed by atoms with van der Waals surface area (Å²) < 4.78 is 0. The van der Waals surface area contributed by atoms with Gasteiger partial charge in [0, 0.05) is 12.1 Å². The van der Waals surface area contributed by atoms with Crippen LogP contribution in [-0.2, 0) is 14.4 Å². The lowest BCUT2D eigenvalue weighted by molar-refractivity contribution is -0.143. The second-order valence-corrected chi connectivity index (χ2v) is 5.27. The zero-order chi connectivity index (χ0) is 14.3. The number of para-hydroxylation sites is 1. The fraction of sp³-hybridized carbons (Fsp3) is 0.357. The molecule has 1 unspecified atom stereocenters. The molecule has 0 radical (unpaired) electrons. The van der Waals surface area contributed by atoms with Crippen molar-refractivity contribution in [2.75, 3.05) is 5.32 Å². The summed E-state index contributed by atoms with van der Waals surface area (Å²) in [4.78, 5) is 35.1. The van der Waals surface area contributed by atoms with Crippen molar-refractivity contribution >= 4 is 23.5 Å². The largest absolute Gasteiger partial charge is 0.480 e. The molecule has 20 heavy (non-hydrogen) atoms. The molecule has 1 aromatic carbocycles. The average Bonchev–Trinajstić information content (AvgIpc) is 3.18. The molecule has 1 heterocycles. The molecule has 2 aliphatic rings. The molecule has 0 spiro atoms. The maximum absolute atomic E-state index is 12.3. The van der Waals surface area contributed by atoms with Gasteiger partial charge in [-0.3, -0.25) is 9.59 Å². The topological polar surface area (TPSA) is 95.5 Å². The number of aliphatic carboxylic acids is 1. The molecule has 1 aromatic rings. The van der Waals surface area contributed by atoms with E-state index in [0.29, 0.717) is 18.5 Å². The first-order valence-electron chi connectivity index (χ1n) is 6.46. The minimum atomic E-state index is -1.13. The lowest BCUT2D eigenvalue weighted by Crippen LogP contribution is -2.46. The van der Waals surface area contributed by atoms with Crippen molar-refractivity contribution in [3.8, 4) is 0 Å². The third-order valence-corrected chi connectivity index (χ3v) is 3.84. The van der Waals surface area contributed by atoms with Crippen molar-refractivity contribution in [3.05, 3.63) is 29.8 Å². The second kappa shape index (κ2) is 4.33. The number of carboxylic acid groups (broad SMARTS) is 1. The van der Waals surface area contributed by atoms with E-state index in [-0.39, 0.29) is 12.3 Å². The van der Waals surface area contributed by atoms with E-state index >= 15 is 0 Å². The van der Waals surface area contributed by atoms with Gasteiger partial charge in [-0.15, -0.1) is 0 Å². The maximum Gasteiger partial charge on any atom is 0.329 e. The van der Waals surface area contributed by atoms with Crippen LogP contribution in [0.3, 0.4) is 0 Å². The molecule has 1 saturated carbocycles. The Hall–Kier alpha value is -2.37. The van der Waals surface area contributed by atoms with Gasteiger partial charge in [0.1, 0.15) is 5.54 Å². The molecular weight excluding hydrogens is 260 g/mol. The Morgan fingerprint density at radius 3 is 2.65 bits per heavy atom. The van der Waals surface area contributed by atoms with Crippen molar-refractivity contribution in [3.63, 3.8) is 0 Å². The van der Waals surface area contributed by atoms with Crippen LogP contribution in [0, 0.1) is 0 Å². The number of hydrogen-bond acceptors (Lipinski definition) is 3. The Bertz CT molecular complexity index is 607. The van der Waals surface area contributed by atoms with Gasteiger partial charge in [0.25, 0.3) is 0 Å². The molecule has 1 aliphatic carbocycles. The van der Waals surface area contributed by atoms with Crippen molar-refractivity contribution in [2.24, 2.45) is 0 Å². The first kappa shape index (κ1) is 12.7. The summed E-state index contributed by atoms with van der Waals surface area (Å²) in [5.41, 5.74) is 0.217. The van der Waals surface area contributed by atoms with Gasteiger partial charge in [-0.2, -0.15) is 0 Å². The number of fused-ring (bicyclic) bond motifs is 1. The lowest BCUT2D eigenvalue weighted by atomic mass is 9.89. The van der Waals surface area contributed by atoms with E-state index in [9.17, 15) is 14.4 Å². The summed E-state index contributed by atoms with van der Waals surface area (Å²) in [6.07, 6.45) is 0.918. The van der Waals surface area contributed by atoms with E-state index in [2.05, 4.69) is 10.6 Å². The molecule has 1 fully saturated rings. The van der Waals surface area contributed by atoms with Gasteiger partial charge in [-0.1, -0.05) is 18.2 Å². The van der Waals surface area contributed by atoms with Crippen molar-refractivity contribution in [1.29, 1.82) is 0 Å². The van der Waals surface area contributed by atoms with Crippen LogP contribution in [0.4, 0.5) is 5.69 Å². The molecule has 6 heteroatoms. The molecule has 1 atom stereocenters. The maximum atomic E-state index is 12.3. The summed E-state index contributed by atoms with van der Waals surface area (Å²) in [5.74, 6) is -2.27. The first-order valence-corrected chi connectivity index (χ1v) is 6.46. The van der Waals surface area contributed by atoms with Crippen molar-refractivity contribution in [1.82, 2.24) is 5.32 Å². The Morgan fingerprint density at radius 2 is 2.00 bits per heavy atom. The third kappa shape index (κ3) is 2.03. The van der Waals surface area contributed by atoms with E-state index in [1.165, 1.54) is 0 Å². The number of carbonyl (C=O) groups is 3. The van der Waals surface area contributed by atoms with E-state index in [4.69, 9.17) is 5.11 Å². The molecule has 3 N–H and O–H groups in total. The summed E-state index contributed by atoms with van der Waals surface area (Å²) in [6, 6.07) is 7.08. The molecule has 0 aromatic heterocycles. The highest BCUT2D eigenvalue weighted by Crippen LogP contribution is 2.38. The van der Waals surface area contributed by atoms with Crippen molar-refractivity contribution in [2.45, 2.75) is 30.7 Å². The quantitative estimate of drug-likeness (QED) is 0.761. The molecule has 2 amide bonds. The predicted octanol–water partition coefficient (Wildman–Crippen LogP) is 0.846. The summed E-state index contributed by atoms with van der Waals surface area (Å²) >= 11 is 0. The Kier molecular flexibility index (Phi) is 2.74. The minimum absolute atomic E-state index is 0.0402. The van der Waals surface area contributed by atoms with Crippen LogP contribution in [0.2, 0.25) is 0 Å². The smallest absolute Gasteiger partial charge is 0.329 e. The standard InChI is InChI=1S/C14H14N2O4/c17-11-7-9(8-3-1-2-4-10(8)15-11)12(18)16-14(5-6-14)13(19)20/h1-4,9H,5-7H2,(H,15,17)(H,16,18)(H,19,20). The highest BCUT2D eigenvalue weighted by atomic mass is 16.4. The fourth-order valence-electron chi connectivity index (χ4n) is 2.49. The first-order chi connectivity index (χ1) is 9.52. The minimum Gasteiger partial charge on any atom is -0.480 e. The third-order valence-electron chi connectivity index (χ3n) is 3.84. The average molecular weight is 274 g/mol. The van der Waals surface area contributed by atoms with Gasteiger partial charge >= 0.3 is 5.97 Å². The van der Waals surface area contributed by atoms with Gasteiger partial charge in [0.2, 0.25) is 11.8 Å². The van der Waals surface area contributed by atoms with E-state index in [1.807, 2.05) is 0 Å². The van der Waals surface area contributed by atoms with Crippen LogP contribution in [0.1, 0.15) is 30.7 Å². The second-order valence-electron chi connectivity index (χ2n) is 5.27. The fourth-order valence-corrected chi connectivity index (χ4v) is 2.49. The van der Waals surface area contributed by atoms with Crippen LogP contribution in [0.5, 0.6) is 0 Å². The zero-order valence-electron chi connectivity index (χ0n) is 10.7. The van der Waals surface area contributed by atoms with Gasteiger partial charge in [0.15, 0.2) is 0 Å². The van der Waals surface area contributed by atoms with E-state index in [1.54, 1.807) is 24.3 Å². The van der Waals surface area contributed by atoms with Crippen LogP contribution >= 0.6 is 0 Å². The zero-order valence-corrected chi connectivity index (χ0v) is 10.7. The highest BCUT2D eigenvalue weighted by molar-refractivity contribution is 6.02. The van der Waals surface area contributed by atoms with Crippen LogP contribution < -0.4 is 10.6 Å². The number of amides is 2. The molecule has 0 bridgehead atoms. The van der Waals surface area contributed by atoms with Crippen molar-refractivity contribution < 1.29 is 19.5 Å². The molecule has 1 aliphatic heterocycles. The summed E-state index contributed by atoms with van der Waals surface area (Å²) in [5, 5.41) is 14.4. The lowest BCUT2D eigenvalue weighted by Gasteiger charge is -2.26. The number of anilines is 1. The van der Waals surface area contributed by atoms with E-state index in [0.717, 1.165) is 5.56 Å². The molecule has 104 valence electrons. The molecule has 3 rings (SSSR count). The number of hydrogen-bond donors (Lipinski definition) is 3. The van der Waals surface area contributed by atoms with Crippen LogP contribution in [0.15, 0.2) is 24.3 Å². The van der Waals surface area contributed by atoms with Crippen LogP contribution in [-0.4, -0.2) is 28.4 Å². The Morgan fingerprint density at radius 1 is 1.30 bits per heavy atom. The molecule has 0 saturated heterocycles. The highest BCUT2D eigenvalue weighted by Gasteiger charge is 2.52. The number of benzene rings is 1. The number of nitrogens with one attached hydrogen (secondary N) is 2. The monoisotopic (exact) mass is 274 g/mol. The predicted molar refractivity (Wildman–Crippen MR) is 70.2 cm³/mol. The molecular formula is C14H14N2O4. The summed E-state index contributed by atoms with van der Waals surface area (Å²) in [7, 11) is 0. The van der Waals surface area contributed by atoms with E-state index < -0.39 is 23.3 Å². The Balaban J connectivity index is 1.85.